The van der Waals surface area contributed by atoms with Gasteiger partial charge in [0.15, 0.2) is 9.84 Å². The van der Waals surface area contributed by atoms with Gasteiger partial charge >= 0.3 is 0 Å². The van der Waals surface area contributed by atoms with Gasteiger partial charge < -0.3 is 25.2 Å². The second-order valence-electron chi connectivity index (χ2n) is 7.27. The zero-order valence-electron chi connectivity index (χ0n) is 15.1. The van der Waals surface area contributed by atoms with Gasteiger partial charge in [0.05, 0.1) is 17.1 Å². The molecule has 0 unspecified atom stereocenters. The molecule has 2 aliphatic heterocycles. The van der Waals surface area contributed by atoms with Crippen molar-refractivity contribution in [2.45, 2.75) is 41.9 Å². The minimum Gasteiger partial charge on any atom is -0.491 e. The number of benzene rings is 1. The van der Waals surface area contributed by atoms with Gasteiger partial charge in [0, 0.05) is 18.8 Å². The summed E-state index contributed by atoms with van der Waals surface area (Å²) in [6, 6.07) is 6.56. The van der Waals surface area contributed by atoms with Crippen LogP contribution >= 0.6 is 0 Å². The maximum absolute atomic E-state index is 11.6. The minimum atomic E-state index is -3.27. The molecule has 2 fully saturated rings. The Kier molecular flexibility index (Phi) is 6.19. The zero-order valence-corrected chi connectivity index (χ0v) is 15.9. The molecule has 146 valence electrons. The molecule has 0 bridgehead atoms. The quantitative estimate of drug-likeness (QED) is 0.623. The van der Waals surface area contributed by atoms with Crippen molar-refractivity contribution in [2.24, 2.45) is 0 Å². The first-order valence-electron chi connectivity index (χ1n) is 9.05. The van der Waals surface area contributed by atoms with E-state index in [1.165, 1.54) is 12.1 Å². The number of sulfone groups is 1. The SMILES string of the molecule is CS(=O)(=O)c1cccc(OC[C@@H](O)CN[C@@H]2COC3(CCNCC3)C2)c1. The molecule has 26 heavy (non-hydrogen) atoms. The van der Waals surface area contributed by atoms with Crippen molar-refractivity contribution in [3.05, 3.63) is 24.3 Å². The van der Waals surface area contributed by atoms with Crippen molar-refractivity contribution in [3.8, 4) is 5.75 Å². The minimum absolute atomic E-state index is 0.00352. The standard InChI is InChI=1S/C18H28N2O5S/c1-26(22,23)17-4-2-3-16(9-17)24-13-15(21)11-20-14-10-18(25-12-14)5-7-19-8-6-18/h2-4,9,14-15,19-21H,5-8,10-13H2,1H3/t14-,15-/m0/s1. The van der Waals surface area contributed by atoms with Crippen LogP contribution in [0.4, 0.5) is 0 Å². The number of ether oxygens (including phenoxy) is 2. The lowest BCUT2D eigenvalue weighted by Gasteiger charge is -2.33. The Hall–Kier alpha value is -1.19. The van der Waals surface area contributed by atoms with Gasteiger partial charge in [-0.1, -0.05) is 6.07 Å². The summed E-state index contributed by atoms with van der Waals surface area (Å²) in [5.41, 5.74) is -0.00352. The van der Waals surface area contributed by atoms with Crippen LogP contribution in [0.3, 0.4) is 0 Å². The number of hydrogen-bond acceptors (Lipinski definition) is 7. The zero-order chi connectivity index (χ0) is 18.6. The third kappa shape index (κ3) is 5.17. The molecule has 3 rings (SSSR count). The Bertz CT molecular complexity index is 703. The van der Waals surface area contributed by atoms with Gasteiger partial charge in [0.1, 0.15) is 18.5 Å². The lowest BCUT2D eigenvalue weighted by molar-refractivity contribution is -0.0194. The molecular formula is C18H28N2O5S. The van der Waals surface area contributed by atoms with Gasteiger partial charge in [-0.05, 0) is 50.6 Å². The Morgan fingerprint density at radius 2 is 2.19 bits per heavy atom. The summed E-state index contributed by atoms with van der Waals surface area (Å²) in [6.07, 6.45) is 3.52. The highest BCUT2D eigenvalue weighted by atomic mass is 32.2. The Morgan fingerprint density at radius 1 is 1.42 bits per heavy atom. The molecule has 3 N–H and O–H groups in total. The van der Waals surface area contributed by atoms with Crippen LogP contribution < -0.4 is 15.4 Å². The third-order valence-corrected chi connectivity index (χ3v) is 6.15. The average Bonchev–Trinajstić information content (AvgIpc) is 3.01. The second kappa shape index (κ2) is 8.22. The summed E-state index contributed by atoms with van der Waals surface area (Å²) < 4.78 is 34.7. The largest absolute Gasteiger partial charge is 0.491 e. The average molecular weight is 384 g/mol. The van der Waals surface area contributed by atoms with Crippen LogP contribution in [0.2, 0.25) is 0 Å². The van der Waals surface area contributed by atoms with Gasteiger partial charge in [-0.3, -0.25) is 0 Å². The maximum atomic E-state index is 11.6. The van der Waals surface area contributed by atoms with Crippen LogP contribution in [-0.4, -0.2) is 70.4 Å². The maximum Gasteiger partial charge on any atom is 0.175 e. The lowest BCUT2D eigenvalue weighted by Crippen LogP contribution is -2.43. The summed E-state index contributed by atoms with van der Waals surface area (Å²) in [5.74, 6) is 0.435. The summed E-state index contributed by atoms with van der Waals surface area (Å²) in [7, 11) is -3.27. The van der Waals surface area contributed by atoms with E-state index in [1.807, 2.05) is 0 Å². The predicted octanol–water partition coefficient (Wildman–Crippen LogP) is 0.331. The van der Waals surface area contributed by atoms with Gasteiger partial charge in [-0.25, -0.2) is 8.42 Å². The second-order valence-corrected chi connectivity index (χ2v) is 9.28. The highest BCUT2D eigenvalue weighted by Crippen LogP contribution is 2.33. The van der Waals surface area contributed by atoms with Crippen molar-refractivity contribution < 1.29 is 23.0 Å². The number of aliphatic hydroxyl groups is 1. The fourth-order valence-corrected chi connectivity index (χ4v) is 4.21. The first-order valence-corrected chi connectivity index (χ1v) is 10.9. The van der Waals surface area contributed by atoms with Crippen LogP contribution in [0, 0.1) is 0 Å². The Labute approximate surface area is 155 Å². The van der Waals surface area contributed by atoms with Crippen LogP contribution in [-0.2, 0) is 14.6 Å². The number of piperidine rings is 1. The van der Waals surface area contributed by atoms with E-state index in [-0.39, 0.29) is 23.1 Å². The Morgan fingerprint density at radius 3 is 2.92 bits per heavy atom. The van der Waals surface area contributed by atoms with Crippen molar-refractivity contribution >= 4 is 9.84 Å². The highest BCUT2D eigenvalue weighted by molar-refractivity contribution is 7.90. The Balaban J connectivity index is 1.42. The first-order chi connectivity index (χ1) is 12.4. The van der Waals surface area contributed by atoms with Crippen LogP contribution in [0.15, 0.2) is 29.2 Å². The van der Waals surface area contributed by atoms with Gasteiger partial charge in [0.2, 0.25) is 0 Å². The van der Waals surface area contributed by atoms with E-state index < -0.39 is 15.9 Å². The monoisotopic (exact) mass is 384 g/mol. The first kappa shape index (κ1) is 19.6. The molecule has 0 radical (unpaired) electrons. The molecule has 1 aromatic rings. The molecule has 0 aromatic heterocycles. The van der Waals surface area contributed by atoms with Crippen LogP contribution in [0.1, 0.15) is 19.3 Å². The van der Waals surface area contributed by atoms with Crippen molar-refractivity contribution in [2.75, 3.05) is 39.1 Å². The molecule has 7 nitrogen and oxygen atoms in total. The normalized spacial score (nSPS) is 23.8. The molecule has 1 spiro atoms. The highest BCUT2D eigenvalue weighted by Gasteiger charge is 2.40. The van der Waals surface area contributed by atoms with Crippen molar-refractivity contribution in [1.82, 2.24) is 10.6 Å². The number of rotatable bonds is 7. The van der Waals surface area contributed by atoms with E-state index in [4.69, 9.17) is 9.47 Å². The predicted molar refractivity (Wildman–Crippen MR) is 98.2 cm³/mol. The molecule has 0 amide bonds. The fraction of sp³-hybridized carbons (Fsp3) is 0.667. The van der Waals surface area contributed by atoms with E-state index in [0.717, 1.165) is 38.6 Å². The molecule has 2 atom stereocenters. The van der Waals surface area contributed by atoms with E-state index in [2.05, 4.69) is 10.6 Å². The third-order valence-electron chi connectivity index (χ3n) is 5.04. The topological polar surface area (TPSA) is 96.9 Å². The van der Waals surface area contributed by atoms with Crippen molar-refractivity contribution in [3.63, 3.8) is 0 Å². The number of hydrogen-bond donors (Lipinski definition) is 3. The number of nitrogens with one attached hydrogen (secondary N) is 2. The van der Waals surface area contributed by atoms with Crippen LogP contribution in [0.5, 0.6) is 5.75 Å². The van der Waals surface area contributed by atoms with E-state index >= 15 is 0 Å². The molecule has 2 heterocycles. The summed E-state index contributed by atoms with van der Waals surface area (Å²) in [5, 5.41) is 16.9. The molecule has 2 saturated heterocycles. The van der Waals surface area contributed by atoms with Crippen molar-refractivity contribution in [1.29, 1.82) is 0 Å². The molecule has 0 saturated carbocycles. The van der Waals surface area contributed by atoms with Gasteiger partial charge in [-0.2, -0.15) is 0 Å². The van der Waals surface area contributed by atoms with Gasteiger partial charge in [-0.15, -0.1) is 0 Å². The summed E-state index contributed by atoms with van der Waals surface area (Å²) >= 11 is 0. The lowest BCUT2D eigenvalue weighted by atomic mass is 9.88. The van der Waals surface area contributed by atoms with Crippen LogP contribution in [0.25, 0.3) is 0 Å². The molecule has 2 aliphatic rings. The molecule has 1 aromatic carbocycles. The molecule has 8 heteroatoms. The summed E-state index contributed by atoms with van der Waals surface area (Å²) in [6.45, 7) is 3.17. The van der Waals surface area contributed by atoms with E-state index in [0.29, 0.717) is 18.9 Å². The van der Waals surface area contributed by atoms with Gasteiger partial charge in [0.25, 0.3) is 0 Å². The smallest absolute Gasteiger partial charge is 0.175 e. The number of aliphatic hydroxyl groups excluding tert-OH is 1. The fourth-order valence-electron chi connectivity index (χ4n) is 3.55. The molecular weight excluding hydrogens is 356 g/mol. The summed E-state index contributed by atoms with van der Waals surface area (Å²) in [4.78, 5) is 0.206. The van der Waals surface area contributed by atoms with E-state index in [9.17, 15) is 13.5 Å². The molecule has 0 aliphatic carbocycles. The van der Waals surface area contributed by atoms with E-state index in [1.54, 1.807) is 12.1 Å².